The first kappa shape index (κ1) is 15.3. The highest BCUT2D eigenvalue weighted by atomic mass is 16.4. The zero-order valence-corrected chi connectivity index (χ0v) is 10.8. The van der Waals surface area contributed by atoms with Crippen LogP contribution in [0.3, 0.4) is 0 Å². The van der Waals surface area contributed by atoms with Crippen LogP contribution in [0.2, 0.25) is 0 Å². The summed E-state index contributed by atoms with van der Waals surface area (Å²) in [5.74, 6) is -0.813. The molecule has 20 heavy (non-hydrogen) atoms. The van der Waals surface area contributed by atoms with Crippen LogP contribution in [0.4, 0.5) is 0 Å². The number of aliphatic carboxylic acids is 1. The Bertz CT molecular complexity index is 514. The maximum atomic E-state index is 11.7. The summed E-state index contributed by atoms with van der Waals surface area (Å²) in [6.07, 6.45) is 3.22. The van der Waals surface area contributed by atoms with E-state index >= 15 is 0 Å². The molecule has 7 nitrogen and oxygen atoms in total. The van der Waals surface area contributed by atoms with Crippen molar-refractivity contribution in [1.82, 2.24) is 10.6 Å². The van der Waals surface area contributed by atoms with Crippen LogP contribution < -0.4 is 10.6 Å². The molecule has 7 heteroatoms. The van der Waals surface area contributed by atoms with Gasteiger partial charge in [0.25, 0.3) is 5.91 Å². The lowest BCUT2D eigenvalue weighted by atomic mass is 10.3. The Morgan fingerprint density at radius 2 is 2.30 bits per heavy atom. The Kier molecular flexibility index (Phi) is 6.41. The number of carbonyl (C=O) groups is 2. The average molecular weight is 277 g/mol. The summed E-state index contributed by atoms with van der Waals surface area (Å²) in [6, 6.07) is 5.18. The van der Waals surface area contributed by atoms with E-state index in [0.717, 1.165) is 0 Å². The fourth-order valence-electron chi connectivity index (χ4n) is 1.34. The Balaban J connectivity index is 2.34. The van der Waals surface area contributed by atoms with E-state index in [4.69, 9.17) is 14.8 Å². The molecular weight excluding hydrogens is 262 g/mol. The molecule has 0 saturated carbocycles. The topological polar surface area (TPSA) is 115 Å². The van der Waals surface area contributed by atoms with E-state index in [1.165, 1.54) is 12.5 Å². The highest BCUT2D eigenvalue weighted by Crippen LogP contribution is 2.00. The van der Waals surface area contributed by atoms with Crippen molar-refractivity contribution in [3.05, 3.63) is 35.9 Å². The zero-order chi connectivity index (χ0) is 14.8. The van der Waals surface area contributed by atoms with Gasteiger partial charge < -0.3 is 20.2 Å². The number of carboxylic acids is 1. The highest BCUT2D eigenvalue weighted by molar-refractivity contribution is 5.97. The molecule has 3 N–H and O–H groups in total. The second-order valence-corrected chi connectivity index (χ2v) is 3.88. The van der Waals surface area contributed by atoms with Crippen LogP contribution >= 0.6 is 0 Å². The van der Waals surface area contributed by atoms with Gasteiger partial charge in [0.1, 0.15) is 17.4 Å². The van der Waals surface area contributed by atoms with E-state index < -0.39 is 11.9 Å². The molecule has 0 spiro atoms. The standard InChI is InChI=1S/C13H15N3O4/c14-7-10(8-15-5-1-4-12(17)18)13(19)16-9-11-3-2-6-20-11/h2-3,6,8,15H,1,4-5,9H2,(H,16,19)(H,17,18)/b10-8-. The summed E-state index contributed by atoms with van der Waals surface area (Å²) in [5, 5.41) is 22.6. The van der Waals surface area contributed by atoms with Gasteiger partial charge in [-0.3, -0.25) is 9.59 Å². The van der Waals surface area contributed by atoms with Crippen molar-refractivity contribution < 1.29 is 19.1 Å². The number of amides is 1. The second kappa shape index (κ2) is 8.37. The van der Waals surface area contributed by atoms with E-state index in [1.807, 2.05) is 0 Å². The molecule has 0 radical (unpaired) electrons. The third-order valence-corrected chi connectivity index (χ3v) is 2.33. The van der Waals surface area contributed by atoms with Crippen LogP contribution in [-0.4, -0.2) is 23.5 Å². The van der Waals surface area contributed by atoms with Crippen LogP contribution in [0.25, 0.3) is 0 Å². The predicted octanol–water partition coefficient (Wildman–Crippen LogP) is 0.758. The van der Waals surface area contributed by atoms with Crippen molar-refractivity contribution in [1.29, 1.82) is 5.26 Å². The van der Waals surface area contributed by atoms with Crippen LogP contribution in [0.1, 0.15) is 18.6 Å². The number of nitrogens with zero attached hydrogens (tertiary/aromatic N) is 1. The molecule has 0 aliphatic heterocycles. The third-order valence-electron chi connectivity index (χ3n) is 2.33. The molecule has 0 aliphatic rings. The zero-order valence-electron chi connectivity index (χ0n) is 10.8. The van der Waals surface area contributed by atoms with Gasteiger partial charge in [-0.05, 0) is 18.6 Å². The summed E-state index contributed by atoms with van der Waals surface area (Å²) in [5.41, 5.74) is -0.0770. The third kappa shape index (κ3) is 5.73. The number of carbonyl (C=O) groups excluding carboxylic acids is 1. The number of hydrogen-bond donors (Lipinski definition) is 3. The Morgan fingerprint density at radius 1 is 1.50 bits per heavy atom. The van der Waals surface area contributed by atoms with Crippen LogP contribution in [0, 0.1) is 11.3 Å². The first-order chi connectivity index (χ1) is 9.63. The molecule has 0 bridgehead atoms. The molecule has 0 atom stereocenters. The van der Waals surface area contributed by atoms with E-state index in [2.05, 4.69) is 10.6 Å². The quantitative estimate of drug-likeness (QED) is 0.367. The fourth-order valence-corrected chi connectivity index (χ4v) is 1.34. The lowest BCUT2D eigenvalue weighted by Crippen LogP contribution is -2.25. The molecule has 1 aromatic heterocycles. The van der Waals surface area contributed by atoms with Gasteiger partial charge in [0.2, 0.25) is 0 Å². The Labute approximate surface area is 115 Å². The van der Waals surface area contributed by atoms with Gasteiger partial charge in [0.15, 0.2) is 0 Å². The van der Waals surface area contributed by atoms with E-state index in [-0.39, 0.29) is 18.5 Å². The minimum absolute atomic E-state index is 0.0351. The molecule has 0 aromatic carbocycles. The largest absolute Gasteiger partial charge is 0.481 e. The molecule has 106 valence electrons. The molecule has 0 unspecified atom stereocenters. The number of carboxylic acid groups (broad SMARTS) is 1. The van der Waals surface area contributed by atoms with Gasteiger partial charge in [-0.1, -0.05) is 0 Å². The smallest absolute Gasteiger partial charge is 0.303 e. The van der Waals surface area contributed by atoms with Crippen molar-refractivity contribution in [2.24, 2.45) is 0 Å². The van der Waals surface area contributed by atoms with Crippen molar-refractivity contribution in [3.8, 4) is 6.07 Å². The number of rotatable bonds is 8. The monoisotopic (exact) mass is 277 g/mol. The molecular formula is C13H15N3O4. The molecule has 0 fully saturated rings. The maximum absolute atomic E-state index is 11.7. The SMILES string of the molecule is N#C/C(=C/NCCCC(=O)O)C(=O)NCc1ccco1. The van der Waals surface area contributed by atoms with Gasteiger partial charge in [0, 0.05) is 19.2 Å². The van der Waals surface area contributed by atoms with Gasteiger partial charge >= 0.3 is 5.97 Å². The molecule has 0 saturated heterocycles. The van der Waals surface area contributed by atoms with Gasteiger partial charge in [-0.25, -0.2) is 0 Å². The first-order valence-corrected chi connectivity index (χ1v) is 5.99. The van der Waals surface area contributed by atoms with Crippen molar-refractivity contribution >= 4 is 11.9 Å². The van der Waals surface area contributed by atoms with E-state index in [1.54, 1.807) is 18.2 Å². The fraction of sp³-hybridized carbons (Fsp3) is 0.308. The lowest BCUT2D eigenvalue weighted by Gasteiger charge is -2.03. The van der Waals surface area contributed by atoms with Crippen molar-refractivity contribution in [2.75, 3.05) is 6.54 Å². The van der Waals surface area contributed by atoms with Crippen LogP contribution in [0.15, 0.2) is 34.6 Å². The summed E-state index contributed by atoms with van der Waals surface area (Å²) in [4.78, 5) is 22.0. The van der Waals surface area contributed by atoms with Gasteiger partial charge in [-0.15, -0.1) is 0 Å². The molecule has 1 heterocycles. The predicted molar refractivity (Wildman–Crippen MR) is 69.1 cm³/mol. The molecule has 1 amide bonds. The normalized spacial score (nSPS) is 10.7. The summed E-state index contributed by atoms with van der Waals surface area (Å²) >= 11 is 0. The summed E-state index contributed by atoms with van der Waals surface area (Å²) < 4.78 is 5.04. The van der Waals surface area contributed by atoms with Crippen LogP contribution in [-0.2, 0) is 16.1 Å². The van der Waals surface area contributed by atoms with E-state index in [0.29, 0.717) is 18.7 Å². The van der Waals surface area contributed by atoms with Crippen molar-refractivity contribution in [3.63, 3.8) is 0 Å². The summed E-state index contributed by atoms with van der Waals surface area (Å²) in [7, 11) is 0. The Hall–Kier alpha value is -2.75. The number of nitriles is 1. The van der Waals surface area contributed by atoms with Gasteiger partial charge in [0.05, 0.1) is 12.8 Å². The highest BCUT2D eigenvalue weighted by Gasteiger charge is 2.08. The maximum Gasteiger partial charge on any atom is 0.303 e. The second-order valence-electron chi connectivity index (χ2n) is 3.88. The number of nitrogens with one attached hydrogen (secondary N) is 2. The van der Waals surface area contributed by atoms with Crippen LogP contribution in [0.5, 0.6) is 0 Å². The first-order valence-electron chi connectivity index (χ1n) is 5.99. The van der Waals surface area contributed by atoms with Crippen molar-refractivity contribution in [2.45, 2.75) is 19.4 Å². The lowest BCUT2D eigenvalue weighted by molar-refractivity contribution is -0.137. The average Bonchev–Trinajstić information content (AvgIpc) is 2.93. The number of furan rings is 1. The molecule has 0 aliphatic carbocycles. The van der Waals surface area contributed by atoms with Gasteiger partial charge in [-0.2, -0.15) is 5.26 Å². The Morgan fingerprint density at radius 3 is 2.90 bits per heavy atom. The number of hydrogen-bond acceptors (Lipinski definition) is 5. The minimum atomic E-state index is -0.882. The minimum Gasteiger partial charge on any atom is -0.481 e. The molecule has 1 aromatic rings. The van der Waals surface area contributed by atoms with E-state index in [9.17, 15) is 9.59 Å². The summed E-state index contributed by atoms with van der Waals surface area (Å²) in [6.45, 7) is 0.576. The molecule has 1 rings (SSSR count).